The first-order valence-corrected chi connectivity index (χ1v) is 13.6. The maximum atomic E-state index is 6.19. The third-order valence-electron chi connectivity index (χ3n) is 6.88. The van der Waals surface area contributed by atoms with Crippen LogP contribution in [0.1, 0.15) is 56.2 Å². The zero-order chi connectivity index (χ0) is 25.6. The molecular formula is C32H30BrClN2. The summed E-state index contributed by atoms with van der Waals surface area (Å²) in [6.07, 6.45) is 0. The quantitative estimate of drug-likeness (QED) is 0.210. The lowest BCUT2D eigenvalue weighted by molar-refractivity contribution is 0.811. The standard InChI is InChI=1S/C32H30BrClN2/c1-19(2)25-9-8-10-26(20(3)4)31(25)36-30-12-7-6-11-29(30)35-32(36)23-17-27(21(5)28(33)18-23)22-13-15-24(34)16-14-22/h6-20H,1-5H3. The minimum atomic E-state index is 0.377. The second-order valence-corrected chi connectivity index (χ2v) is 11.3. The van der Waals surface area contributed by atoms with Crippen molar-refractivity contribution in [3.63, 3.8) is 0 Å². The van der Waals surface area contributed by atoms with Gasteiger partial charge in [0.15, 0.2) is 0 Å². The van der Waals surface area contributed by atoms with Crippen molar-refractivity contribution in [2.24, 2.45) is 0 Å². The van der Waals surface area contributed by atoms with Gasteiger partial charge in [0.1, 0.15) is 5.82 Å². The molecule has 0 saturated carbocycles. The molecule has 182 valence electrons. The molecule has 4 aromatic carbocycles. The molecule has 0 fully saturated rings. The molecule has 1 aromatic heterocycles. The van der Waals surface area contributed by atoms with Crippen LogP contribution < -0.4 is 0 Å². The summed E-state index contributed by atoms with van der Waals surface area (Å²) in [5.41, 5.74) is 10.6. The van der Waals surface area contributed by atoms with E-state index < -0.39 is 0 Å². The maximum Gasteiger partial charge on any atom is 0.145 e. The highest BCUT2D eigenvalue weighted by Crippen LogP contribution is 2.40. The third-order valence-corrected chi connectivity index (χ3v) is 7.96. The summed E-state index contributed by atoms with van der Waals surface area (Å²) in [6.45, 7) is 11.2. The summed E-state index contributed by atoms with van der Waals surface area (Å²) in [7, 11) is 0. The van der Waals surface area contributed by atoms with Gasteiger partial charge in [0.25, 0.3) is 0 Å². The Labute approximate surface area is 227 Å². The monoisotopic (exact) mass is 556 g/mol. The van der Waals surface area contributed by atoms with Gasteiger partial charge in [-0.15, -0.1) is 0 Å². The van der Waals surface area contributed by atoms with Gasteiger partial charge < -0.3 is 0 Å². The van der Waals surface area contributed by atoms with Gasteiger partial charge in [-0.3, -0.25) is 4.57 Å². The molecule has 2 nitrogen and oxygen atoms in total. The van der Waals surface area contributed by atoms with Gasteiger partial charge in [-0.25, -0.2) is 4.98 Å². The van der Waals surface area contributed by atoms with E-state index in [9.17, 15) is 0 Å². The molecule has 0 N–H and O–H groups in total. The summed E-state index contributed by atoms with van der Waals surface area (Å²) in [4.78, 5) is 5.20. The van der Waals surface area contributed by atoms with Gasteiger partial charge in [0, 0.05) is 15.1 Å². The van der Waals surface area contributed by atoms with Crippen LogP contribution in [0.3, 0.4) is 0 Å². The van der Waals surface area contributed by atoms with Crippen molar-refractivity contribution in [2.45, 2.75) is 46.5 Å². The average molecular weight is 558 g/mol. The van der Waals surface area contributed by atoms with E-state index in [-0.39, 0.29) is 0 Å². The highest BCUT2D eigenvalue weighted by atomic mass is 79.9. The first-order valence-electron chi connectivity index (χ1n) is 12.4. The van der Waals surface area contributed by atoms with Crippen LogP contribution in [-0.4, -0.2) is 9.55 Å². The van der Waals surface area contributed by atoms with E-state index in [2.05, 4.69) is 122 Å². The van der Waals surface area contributed by atoms with Crippen molar-refractivity contribution < 1.29 is 0 Å². The normalized spacial score (nSPS) is 11.7. The number of benzene rings is 4. The van der Waals surface area contributed by atoms with Crippen molar-refractivity contribution >= 4 is 38.6 Å². The van der Waals surface area contributed by atoms with E-state index >= 15 is 0 Å². The summed E-state index contributed by atoms with van der Waals surface area (Å²) < 4.78 is 3.44. The minimum Gasteiger partial charge on any atom is -0.292 e. The highest BCUT2D eigenvalue weighted by molar-refractivity contribution is 9.10. The number of aromatic nitrogens is 2. The van der Waals surface area contributed by atoms with Crippen LogP contribution in [0.15, 0.2) is 83.3 Å². The first kappa shape index (κ1) is 24.8. The summed E-state index contributed by atoms with van der Waals surface area (Å²) in [5, 5.41) is 0.736. The largest absolute Gasteiger partial charge is 0.292 e. The fraction of sp³-hybridized carbons (Fsp3) is 0.219. The number of rotatable bonds is 5. The molecule has 36 heavy (non-hydrogen) atoms. The summed E-state index contributed by atoms with van der Waals surface area (Å²) in [6, 6.07) is 27.6. The molecular weight excluding hydrogens is 528 g/mol. The Kier molecular flexibility index (Phi) is 6.80. The van der Waals surface area contributed by atoms with Gasteiger partial charge in [0.2, 0.25) is 0 Å². The predicted molar refractivity (Wildman–Crippen MR) is 158 cm³/mol. The molecule has 4 heteroatoms. The number of nitrogens with zero attached hydrogens (tertiary/aromatic N) is 2. The SMILES string of the molecule is Cc1c(Br)cc(-c2nc3ccccc3n2-c2c(C(C)C)cccc2C(C)C)cc1-c1ccc(Cl)cc1. The van der Waals surface area contributed by atoms with Gasteiger partial charge >= 0.3 is 0 Å². The molecule has 0 saturated heterocycles. The second kappa shape index (κ2) is 9.88. The Hall–Kier alpha value is -2.88. The van der Waals surface area contributed by atoms with Crippen molar-refractivity contribution in [2.75, 3.05) is 0 Å². The van der Waals surface area contributed by atoms with Crippen molar-refractivity contribution in [3.8, 4) is 28.2 Å². The molecule has 5 rings (SSSR count). The number of hydrogen-bond donors (Lipinski definition) is 0. The van der Waals surface area contributed by atoms with Crippen LogP contribution in [-0.2, 0) is 0 Å². The van der Waals surface area contributed by atoms with Crippen LogP contribution in [0.25, 0.3) is 39.2 Å². The van der Waals surface area contributed by atoms with Crippen LogP contribution in [0.5, 0.6) is 0 Å². The second-order valence-electron chi connectivity index (χ2n) is 9.99. The Bertz CT molecular complexity index is 1540. The van der Waals surface area contributed by atoms with Gasteiger partial charge in [0.05, 0.1) is 16.7 Å². The molecule has 0 radical (unpaired) electrons. The smallest absolute Gasteiger partial charge is 0.145 e. The molecule has 1 heterocycles. The minimum absolute atomic E-state index is 0.377. The van der Waals surface area contributed by atoms with Gasteiger partial charge in [-0.2, -0.15) is 0 Å². The average Bonchev–Trinajstić information content (AvgIpc) is 3.25. The maximum absolute atomic E-state index is 6.19. The van der Waals surface area contributed by atoms with Crippen LogP contribution in [0.4, 0.5) is 0 Å². The molecule has 0 spiro atoms. The van der Waals surface area contributed by atoms with Crippen LogP contribution >= 0.6 is 27.5 Å². The molecule has 5 aromatic rings. The fourth-order valence-corrected chi connectivity index (χ4v) is 5.54. The first-order chi connectivity index (χ1) is 17.3. The lowest BCUT2D eigenvalue weighted by Crippen LogP contribution is -2.08. The lowest BCUT2D eigenvalue weighted by atomic mass is 9.92. The summed E-state index contributed by atoms with van der Waals surface area (Å²) >= 11 is 10.0. The Morgan fingerprint density at radius 3 is 2.06 bits per heavy atom. The Morgan fingerprint density at radius 2 is 1.42 bits per heavy atom. The fourth-order valence-electron chi connectivity index (χ4n) is 4.95. The van der Waals surface area contributed by atoms with E-state index in [4.69, 9.17) is 16.6 Å². The van der Waals surface area contributed by atoms with Crippen molar-refractivity contribution in [1.29, 1.82) is 0 Å². The number of hydrogen-bond acceptors (Lipinski definition) is 1. The molecule has 0 atom stereocenters. The van der Waals surface area contributed by atoms with E-state index in [0.717, 1.165) is 43.0 Å². The van der Waals surface area contributed by atoms with Crippen molar-refractivity contribution in [3.05, 3.63) is 105 Å². The molecule has 0 unspecified atom stereocenters. The lowest BCUT2D eigenvalue weighted by Gasteiger charge is -2.23. The Balaban J connectivity index is 1.86. The van der Waals surface area contributed by atoms with Crippen LogP contribution in [0.2, 0.25) is 5.02 Å². The van der Waals surface area contributed by atoms with Gasteiger partial charge in [-0.05, 0) is 83.0 Å². The summed E-state index contributed by atoms with van der Waals surface area (Å²) in [5.74, 6) is 1.70. The van der Waals surface area contributed by atoms with E-state index in [0.29, 0.717) is 11.8 Å². The van der Waals surface area contributed by atoms with Gasteiger partial charge in [-0.1, -0.05) is 97.7 Å². The zero-order valence-corrected chi connectivity index (χ0v) is 23.7. The van der Waals surface area contributed by atoms with Crippen LogP contribution in [0, 0.1) is 6.92 Å². The van der Waals surface area contributed by atoms with Crippen molar-refractivity contribution in [1.82, 2.24) is 9.55 Å². The molecule has 0 aliphatic carbocycles. The zero-order valence-electron chi connectivity index (χ0n) is 21.3. The Morgan fingerprint density at radius 1 is 0.778 bits per heavy atom. The predicted octanol–water partition coefficient (Wildman–Crippen LogP) is 10.3. The molecule has 0 aliphatic rings. The van der Waals surface area contributed by atoms with E-state index in [1.807, 2.05) is 12.1 Å². The topological polar surface area (TPSA) is 17.8 Å². The molecule has 0 aliphatic heterocycles. The highest BCUT2D eigenvalue weighted by Gasteiger charge is 2.22. The number of fused-ring (bicyclic) bond motifs is 1. The van der Waals surface area contributed by atoms with E-state index in [1.54, 1.807) is 0 Å². The van der Waals surface area contributed by atoms with E-state index in [1.165, 1.54) is 22.4 Å². The number of para-hydroxylation sites is 3. The number of imidazole rings is 1. The molecule has 0 bridgehead atoms. The molecule has 0 amide bonds. The number of halogens is 2. The third kappa shape index (κ3) is 4.40.